The number of hydrogen-bond acceptors (Lipinski definition) is 7. The maximum absolute atomic E-state index is 12.9. The van der Waals surface area contributed by atoms with Gasteiger partial charge in [-0.2, -0.15) is 0 Å². The third kappa shape index (κ3) is 5.42. The number of nitrogens with one attached hydrogen (secondary N) is 1. The Balaban J connectivity index is 1.87. The van der Waals surface area contributed by atoms with E-state index in [1.165, 1.54) is 13.2 Å². The van der Waals surface area contributed by atoms with Crippen LogP contribution in [0.3, 0.4) is 0 Å². The van der Waals surface area contributed by atoms with Crippen LogP contribution in [0, 0.1) is 0 Å². The van der Waals surface area contributed by atoms with Crippen LogP contribution in [0.5, 0.6) is 5.75 Å². The topological polar surface area (TPSA) is 114 Å². The number of oxime groups is 1. The van der Waals surface area contributed by atoms with E-state index >= 15 is 0 Å². The summed E-state index contributed by atoms with van der Waals surface area (Å²) < 4.78 is 33.6. The van der Waals surface area contributed by atoms with E-state index in [0.717, 1.165) is 5.56 Å². The molecule has 0 saturated heterocycles. The molecule has 2 N–H and O–H groups in total. The smallest absolute Gasteiger partial charge is 0.263 e. The molecule has 0 fully saturated rings. The van der Waals surface area contributed by atoms with Crippen LogP contribution in [0.15, 0.2) is 71.0 Å². The summed E-state index contributed by atoms with van der Waals surface area (Å²) in [5.41, 5.74) is 2.30. The lowest BCUT2D eigenvalue weighted by atomic mass is 9.87. The Morgan fingerprint density at radius 1 is 1.12 bits per heavy atom. The Morgan fingerprint density at radius 2 is 1.84 bits per heavy atom. The molecular weight excluding hydrogens is 428 g/mol. The van der Waals surface area contributed by atoms with E-state index in [9.17, 15) is 13.6 Å². The number of pyridine rings is 2. The first-order valence-corrected chi connectivity index (χ1v) is 11.4. The molecule has 0 amide bonds. The van der Waals surface area contributed by atoms with Crippen molar-refractivity contribution in [3.05, 3.63) is 77.7 Å². The van der Waals surface area contributed by atoms with Gasteiger partial charge in [0.2, 0.25) is 0 Å². The second kappa shape index (κ2) is 9.35. The summed E-state index contributed by atoms with van der Waals surface area (Å²) in [6, 6.07) is 13.4. The van der Waals surface area contributed by atoms with Crippen molar-refractivity contribution in [3.63, 3.8) is 0 Å². The number of aromatic nitrogens is 2. The Kier molecular flexibility index (Phi) is 6.78. The molecule has 3 aromatic rings. The lowest BCUT2D eigenvalue weighted by Crippen LogP contribution is -2.16. The van der Waals surface area contributed by atoms with Crippen LogP contribution < -0.4 is 9.46 Å². The van der Waals surface area contributed by atoms with Crippen LogP contribution in [0.25, 0.3) is 0 Å². The van der Waals surface area contributed by atoms with Crippen molar-refractivity contribution in [1.29, 1.82) is 0 Å². The molecule has 0 aliphatic rings. The summed E-state index contributed by atoms with van der Waals surface area (Å²) in [7, 11) is -2.35. The molecule has 3 rings (SSSR count). The number of nitrogens with zero attached hydrogens (tertiary/aromatic N) is 3. The van der Waals surface area contributed by atoms with Gasteiger partial charge in [-0.15, -0.1) is 0 Å². The van der Waals surface area contributed by atoms with Gasteiger partial charge in [0.15, 0.2) is 0 Å². The van der Waals surface area contributed by atoms with Gasteiger partial charge in [0.05, 0.1) is 23.4 Å². The van der Waals surface area contributed by atoms with Gasteiger partial charge in [-0.25, -0.2) is 13.4 Å². The van der Waals surface area contributed by atoms with E-state index in [0.29, 0.717) is 22.7 Å². The predicted molar refractivity (Wildman–Crippen MR) is 123 cm³/mol. The molecule has 1 aromatic carbocycles. The van der Waals surface area contributed by atoms with Crippen molar-refractivity contribution in [2.75, 3.05) is 11.8 Å². The fourth-order valence-electron chi connectivity index (χ4n) is 3.08. The Hall–Kier alpha value is -3.46. The van der Waals surface area contributed by atoms with E-state index in [1.54, 1.807) is 54.9 Å². The number of sulfonamides is 1. The Labute approximate surface area is 188 Å². The molecule has 0 aliphatic heterocycles. The fraction of sp³-hybridized carbons (Fsp3) is 0.261. The molecule has 0 bridgehead atoms. The van der Waals surface area contributed by atoms with Gasteiger partial charge < -0.3 is 9.94 Å². The van der Waals surface area contributed by atoms with E-state index < -0.39 is 10.0 Å². The standard InChI is InChI=1S/C23H26N4O4S/c1-23(2,3)17-7-9-18(10-8-17)32(29,30)27-22-12-11-21(31-4)20(25-22)14-19(26-28)16-6-5-13-24-15-16/h5-13,15,28H,14H2,1-4H3,(H,25,27). The van der Waals surface area contributed by atoms with Crippen molar-refractivity contribution in [2.24, 2.45) is 5.16 Å². The molecule has 8 nitrogen and oxygen atoms in total. The second-order valence-corrected chi connectivity index (χ2v) is 9.87. The zero-order valence-electron chi connectivity index (χ0n) is 18.4. The van der Waals surface area contributed by atoms with E-state index in [2.05, 4.69) is 40.6 Å². The van der Waals surface area contributed by atoms with Crippen LogP contribution in [-0.2, 0) is 21.9 Å². The quantitative estimate of drug-likeness (QED) is 0.317. The van der Waals surface area contributed by atoms with Crippen LogP contribution in [0.4, 0.5) is 5.82 Å². The van der Waals surface area contributed by atoms with Gasteiger partial charge in [0.25, 0.3) is 10.0 Å². The van der Waals surface area contributed by atoms with Crippen LogP contribution in [0.2, 0.25) is 0 Å². The Bertz CT molecular complexity index is 1200. The van der Waals surface area contributed by atoms with Crippen LogP contribution in [-0.4, -0.2) is 36.4 Å². The number of methoxy groups -OCH3 is 1. The molecule has 0 atom stereocenters. The predicted octanol–water partition coefficient (Wildman–Crippen LogP) is 4.00. The highest BCUT2D eigenvalue weighted by Gasteiger charge is 2.19. The molecule has 2 heterocycles. The maximum atomic E-state index is 12.9. The summed E-state index contributed by atoms with van der Waals surface area (Å²) >= 11 is 0. The van der Waals surface area contributed by atoms with Gasteiger partial charge in [0.1, 0.15) is 11.6 Å². The van der Waals surface area contributed by atoms with Crippen LogP contribution >= 0.6 is 0 Å². The lowest BCUT2D eigenvalue weighted by molar-refractivity contribution is 0.318. The minimum Gasteiger partial charge on any atom is -0.495 e. The first kappa shape index (κ1) is 23.2. The maximum Gasteiger partial charge on any atom is 0.263 e. The van der Waals surface area contributed by atoms with Crippen molar-refractivity contribution in [3.8, 4) is 5.75 Å². The minimum absolute atomic E-state index is 0.0810. The van der Waals surface area contributed by atoms with Gasteiger partial charge in [-0.1, -0.05) is 38.1 Å². The fourth-order valence-corrected chi connectivity index (χ4v) is 4.08. The van der Waals surface area contributed by atoms with Crippen molar-refractivity contribution >= 4 is 21.6 Å². The largest absolute Gasteiger partial charge is 0.495 e. The number of hydrogen-bond donors (Lipinski definition) is 2. The lowest BCUT2D eigenvalue weighted by Gasteiger charge is -2.19. The van der Waals surface area contributed by atoms with Crippen molar-refractivity contribution < 1.29 is 18.4 Å². The molecule has 9 heteroatoms. The number of benzene rings is 1. The third-order valence-electron chi connectivity index (χ3n) is 4.87. The molecule has 2 aromatic heterocycles. The molecule has 0 aliphatic carbocycles. The van der Waals surface area contributed by atoms with E-state index in [-0.39, 0.29) is 22.5 Å². The molecule has 0 unspecified atom stereocenters. The second-order valence-electron chi connectivity index (χ2n) is 8.19. The van der Waals surface area contributed by atoms with E-state index in [4.69, 9.17) is 4.74 Å². The van der Waals surface area contributed by atoms with E-state index in [1.807, 2.05) is 0 Å². The SMILES string of the molecule is COc1ccc(NS(=O)(=O)c2ccc(C(C)(C)C)cc2)nc1CC(=NO)c1cccnc1. The number of rotatable bonds is 7. The summed E-state index contributed by atoms with van der Waals surface area (Å²) in [4.78, 5) is 8.56. The highest BCUT2D eigenvalue weighted by molar-refractivity contribution is 7.92. The molecule has 0 radical (unpaired) electrons. The number of anilines is 1. The Morgan fingerprint density at radius 3 is 2.41 bits per heavy atom. The average molecular weight is 455 g/mol. The molecule has 32 heavy (non-hydrogen) atoms. The van der Waals surface area contributed by atoms with Crippen molar-refractivity contribution in [1.82, 2.24) is 9.97 Å². The molecule has 0 spiro atoms. The van der Waals surface area contributed by atoms with Gasteiger partial charge in [0, 0.05) is 24.4 Å². The third-order valence-corrected chi connectivity index (χ3v) is 6.24. The first-order valence-electron chi connectivity index (χ1n) is 9.92. The molecular formula is C23H26N4O4S. The van der Waals surface area contributed by atoms with Gasteiger partial charge in [-0.05, 0) is 47.4 Å². The minimum atomic E-state index is -3.84. The highest BCUT2D eigenvalue weighted by Crippen LogP contribution is 2.25. The summed E-state index contributed by atoms with van der Waals surface area (Å²) in [6.45, 7) is 6.19. The monoisotopic (exact) mass is 454 g/mol. The zero-order valence-corrected chi connectivity index (χ0v) is 19.2. The molecule has 0 saturated carbocycles. The normalized spacial score (nSPS) is 12.4. The highest BCUT2D eigenvalue weighted by atomic mass is 32.2. The summed E-state index contributed by atoms with van der Waals surface area (Å²) in [5, 5.41) is 12.8. The first-order chi connectivity index (χ1) is 15.1. The summed E-state index contributed by atoms with van der Waals surface area (Å²) in [5.74, 6) is 0.566. The van der Waals surface area contributed by atoms with Crippen LogP contribution in [0.1, 0.15) is 37.6 Å². The average Bonchev–Trinajstić information content (AvgIpc) is 2.77. The molecule has 168 valence electrons. The number of ether oxygens (including phenoxy) is 1. The van der Waals surface area contributed by atoms with Gasteiger partial charge >= 0.3 is 0 Å². The summed E-state index contributed by atoms with van der Waals surface area (Å²) in [6.07, 6.45) is 3.29. The van der Waals surface area contributed by atoms with Crippen molar-refractivity contribution in [2.45, 2.75) is 37.5 Å². The zero-order chi connectivity index (χ0) is 23.4. The van der Waals surface area contributed by atoms with Gasteiger partial charge in [-0.3, -0.25) is 9.71 Å².